The molecule has 1 aromatic heterocycles. The fourth-order valence-corrected chi connectivity index (χ4v) is 3.21. The van der Waals surface area contributed by atoms with E-state index in [2.05, 4.69) is 4.98 Å². The third-order valence-corrected chi connectivity index (χ3v) is 4.81. The largest absolute Gasteiger partial charge is 0.329 e. The molecule has 1 saturated heterocycles. The predicted molar refractivity (Wildman–Crippen MR) is 101 cm³/mol. The summed E-state index contributed by atoms with van der Waals surface area (Å²) in [5.74, 6) is -0.175. The van der Waals surface area contributed by atoms with E-state index in [1.807, 2.05) is 45.0 Å². The van der Waals surface area contributed by atoms with Crippen LogP contribution in [0.4, 0.5) is 0 Å². The molecular formula is C20H22ClN3O2. The van der Waals surface area contributed by atoms with E-state index >= 15 is 0 Å². The summed E-state index contributed by atoms with van der Waals surface area (Å²) in [5.41, 5.74) is 2.52. The van der Waals surface area contributed by atoms with Gasteiger partial charge in [0.1, 0.15) is 6.54 Å². The van der Waals surface area contributed by atoms with Gasteiger partial charge in [0.25, 0.3) is 5.91 Å². The summed E-state index contributed by atoms with van der Waals surface area (Å²) in [6.45, 7) is 6.20. The van der Waals surface area contributed by atoms with E-state index < -0.39 is 6.04 Å². The molecule has 2 amide bonds. The number of carbonyl (C=O) groups is 2. The standard InChI is InChI=1S/C20H22ClN3O2/c1-13(2)23-12-18(25)24(11-15-5-7-16(21)8-6-15)19(20(23)26)17-9-4-14(3)10-22-17/h4-10,13,19H,11-12H2,1-3H3. The molecule has 136 valence electrons. The molecule has 1 aliphatic rings. The number of aromatic nitrogens is 1. The average molecular weight is 372 g/mol. The maximum Gasteiger partial charge on any atom is 0.252 e. The van der Waals surface area contributed by atoms with Crippen LogP contribution in [0, 0.1) is 6.92 Å². The minimum Gasteiger partial charge on any atom is -0.329 e. The van der Waals surface area contributed by atoms with Crippen LogP contribution in [0.15, 0.2) is 42.6 Å². The first-order valence-electron chi connectivity index (χ1n) is 8.63. The van der Waals surface area contributed by atoms with E-state index in [-0.39, 0.29) is 24.4 Å². The van der Waals surface area contributed by atoms with E-state index in [1.165, 1.54) is 0 Å². The third kappa shape index (κ3) is 3.73. The van der Waals surface area contributed by atoms with E-state index in [1.54, 1.807) is 28.1 Å². The molecule has 3 rings (SSSR count). The van der Waals surface area contributed by atoms with Gasteiger partial charge < -0.3 is 9.80 Å². The highest BCUT2D eigenvalue weighted by molar-refractivity contribution is 6.30. The number of hydrogen-bond acceptors (Lipinski definition) is 3. The van der Waals surface area contributed by atoms with Crippen LogP contribution in [0.1, 0.15) is 36.7 Å². The quantitative estimate of drug-likeness (QED) is 0.828. The molecule has 0 bridgehead atoms. The first-order valence-corrected chi connectivity index (χ1v) is 9.01. The molecule has 26 heavy (non-hydrogen) atoms. The van der Waals surface area contributed by atoms with Gasteiger partial charge in [-0.15, -0.1) is 0 Å². The number of hydrogen-bond donors (Lipinski definition) is 0. The predicted octanol–water partition coefficient (Wildman–Crippen LogP) is 3.36. The molecule has 2 aromatic rings. The Kier molecular flexibility index (Phi) is 5.28. The van der Waals surface area contributed by atoms with Gasteiger partial charge in [0.2, 0.25) is 5.91 Å². The number of aryl methyl sites for hydroxylation is 1. The van der Waals surface area contributed by atoms with Gasteiger partial charge in [-0.3, -0.25) is 14.6 Å². The Hall–Kier alpha value is -2.40. The molecule has 1 unspecified atom stereocenters. The summed E-state index contributed by atoms with van der Waals surface area (Å²) in [6.07, 6.45) is 1.72. The molecule has 0 N–H and O–H groups in total. The van der Waals surface area contributed by atoms with Crippen molar-refractivity contribution in [3.05, 3.63) is 64.4 Å². The lowest BCUT2D eigenvalue weighted by Gasteiger charge is -2.41. The molecule has 0 saturated carbocycles. The first kappa shape index (κ1) is 18.4. The van der Waals surface area contributed by atoms with Crippen LogP contribution < -0.4 is 0 Å². The normalized spacial score (nSPS) is 18.0. The number of carbonyl (C=O) groups excluding carboxylic acids is 2. The molecule has 6 heteroatoms. The number of piperazine rings is 1. The van der Waals surface area contributed by atoms with Crippen molar-refractivity contribution in [2.45, 2.75) is 39.4 Å². The zero-order chi connectivity index (χ0) is 18.8. The number of halogens is 1. The van der Waals surface area contributed by atoms with Crippen LogP contribution in [-0.4, -0.2) is 39.2 Å². The van der Waals surface area contributed by atoms with Gasteiger partial charge in [-0.05, 0) is 50.1 Å². The van der Waals surface area contributed by atoms with Crippen molar-refractivity contribution < 1.29 is 9.59 Å². The Balaban J connectivity index is 1.98. The molecule has 0 spiro atoms. The smallest absolute Gasteiger partial charge is 0.252 e. The van der Waals surface area contributed by atoms with Crippen molar-refractivity contribution in [2.75, 3.05) is 6.54 Å². The number of amides is 2. The van der Waals surface area contributed by atoms with Crippen molar-refractivity contribution >= 4 is 23.4 Å². The molecule has 0 radical (unpaired) electrons. The number of pyridine rings is 1. The molecule has 5 nitrogen and oxygen atoms in total. The van der Waals surface area contributed by atoms with Crippen molar-refractivity contribution in [1.82, 2.24) is 14.8 Å². The van der Waals surface area contributed by atoms with E-state index in [9.17, 15) is 9.59 Å². The Labute approximate surface area is 158 Å². The molecular weight excluding hydrogens is 350 g/mol. The number of nitrogens with zero attached hydrogens (tertiary/aromatic N) is 3. The second-order valence-electron chi connectivity index (χ2n) is 6.87. The highest BCUT2D eigenvalue weighted by Crippen LogP contribution is 2.29. The van der Waals surface area contributed by atoms with Gasteiger partial charge >= 0.3 is 0 Å². The SMILES string of the molecule is Cc1ccc(C2C(=O)N(C(C)C)CC(=O)N2Cc2ccc(Cl)cc2)nc1. The Morgan fingerprint density at radius 3 is 2.42 bits per heavy atom. The first-order chi connectivity index (χ1) is 12.4. The molecule has 1 fully saturated rings. The van der Waals surface area contributed by atoms with E-state index in [0.717, 1.165) is 11.1 Å². The monoisotopic (exact) mass is 371 g/mol. The summed E-state index contributed by atoms with van der Waals surface area (Å²) in [7, 11) is 0. The van der Waals surface area contributed by atoms with Crippen LogP contribution in [0.2, 0.25) is 5.02 Å². The highest BCUT2D eigenvalue weighted by Gasteiger charge is 2.41. The minimum absolute atomic E-state index is 0.0444. The van der Waals surface area contributed by atoms with Crippen molar-refractivity contribution in [1.29, 1.82) is 0 Å². The van der Waals surface area contributed by atoms with Crippen LogP contribution in [0.25, 0.3) is 0 Å². The average Bonchev–Trinajstić information content (AvgIpc) is 2.61. The van der Waals surface area contributed by atoms with Crippen LogP contribution in [0.5, 0.6) is 0 Å². The second kappa shape index (κ2) is 7.46. The highest BCUT2D eigenvalue weighted by atomic mass is 35.5. The second-order valence-corrected chi connectivity index (χ2v) is 7.31. The molecule has 1 aromatic carbocycles. The summed E-state index contributed by atoms with van der Waals surface area (Å²) in [6, 6.07) is 10.3. The van der Waals surface area contributed by atoms with Crippen molar-refractivity contribution in [3.8, 4) is 0 Å². The minimum atomic E-state index is -0.713. The molecule has 1 aliphatic heterocycles. The number of rotatable bonds is 4. The van der Waals surface area contributed by atoms with Crippen LogP contribution in [0.3, 0.4) is 0 Å². The summed E-state index contributed by atoms with van der Waals surface area (Å²) >= 11 is 5.95. The Bertz CT molecular complexity index is 803. The van der Waals surface area contributed by atoms with Gasteiger partial charge in [-0.25, -0.2) is 0 Å². The summed E-state index contributed by atoms with van der Waals surface area (Å²) < 4.78 is 0. The zero-order valence-corrected chi connectivity index (χ0v) is 15.9. The van der Waals surface area contributed by atoms with Gasteiger partial charge in [0.05, 0.1) is 5.69 Å². The fourth-order valence-electron chi connectivity index (χ4n) is 3.08. The summed E-state index contributed by atoms with van der Waals surface area (Å²) in [4.78, 5) is 33.6. The lowest BCUT2D eigenvalue weighted by Crippen LogP contribution is -2.57. The zero-order valence-electron chi connectivity index (χ0n) is 15.1. The maximum absolute atomic E-state index is 13.1. The lowest BCUT2D eigenvalue weighted by molar-refractivity contribution is -0.158. The number of benzene rings is 1. The van der Waals surface area contributed by atoms with E-state index in [0.29, 0.717) is 17.3 Å². The van der Waals surface area contributed by atoms with Crippen molar-refractivity contribution in [2.24, 2.45) is 0 Å². The third-order valence-electron chi connectivity index (χ3n) is 4.56. The van der Waals surface area contributed by atoms with Gasteiger partial charge in [-0.2, -0.15) is 0 Å². The van der Waals surface area contributed by atoms with Gasteiger partial charge in [0, 0.05) is 23.8 Å². The van der Waals surface area contributed by atoms with Crippen molar-refractivity contribution in [3.63, 3.8) is 0 Å². The fraction of sp³-hybridized carbons (Fsp3) is 0.350. The summed E-state index contributed by atoms with van der Waals surface area (Å²) in [5, 5.41) is 0.637. The Morgan fingerprint density at radius 1 is 1.15 bits per heavy atom. The molecule has 0 aliphatic carbocycles. The lowest BCUT2D eigenvalue weighted by atomic mass is 10.0. The topological polar surface area (TPSA) is 53.5 Å². The van der Waals surface area contributed by atoms with Crippen LogP contribution in [-0.2, 0) is 16.1 Å². The van der Waals surface area contributed by atoms with E-state index in [4.69, 9.17) is 11.6 Å². The van der Waals surface area contributed by atoms with Crippen LogP contribution >= 0.6 is 11.6 Å². The van der Waals surface area contributed by atoms with Gasteiger partial charge in [0.15, 0.2) is 6.04 Å². The molecule has 2 heterocycles. The molecule has 1 atom stereocenters. The Morgan fingerprint density at radius 2 is 1.85 bits per heavy atom. The maximum atomic E-state index is 13.1. The van der Waals surface area contributed by atoms with Gasteiger partial charge in [-0.1, -0.05) is 29.8 Å².